The summed E-state index contributed by atoms with van der Waals surface area (Å²) < 4.78 is 49.2. The fourth-order valence-electron chi connectivity index (χ4n) is 2.94. The number of carbonyl (C=O) groups excluding carboxylic acids is 1. The fraction of sp³-hybridized carbons (Fsp3) is 0.600. The third-order valence-electron chi connectivity index (χ3n) is 4.85. The van der Waals surface area contributed by atoms with E-state index in [9.17, 15) is 18.0 Å². The maximum atomic E-state index is 13.0. The smallest absolute Gasteiger partial charge is 0.425 e. The van der Waals surface area contributed by atoms with Crippen molar-refractivity contribution in [3.05, 3.63) is 35.2 Å². The largest absolute Gasteiger partial charge is 0.481 e. The molecule has 7 nitrogen and oxygen atoms in total. The summed E-state index contributed by atoms with van der Waals surface area (Å²) in [6.07, 6.45) is -3.38. The molecule has 2 atom stereocenters. The number of aromatic nitrogens is 3. The molecular weight excluding hydrogens is 401 g/mol. The molecule has 1 amide bonds. The standard InChI is InChI=1S/C20H25F3N4O3/c1-10(20(21,22)23)29-15-8-14(24-9-13(15)12-6-7-12)18(28)26-16(19(3,4)5)17-25-11(2)30-27-17/h8-10,12,16H,6-7H2,1-5H3,(H,26,28). The van der Waals surface area contributed by atoms with Gasteiger partial charge in [-0.15, -0.1) is 0 Å². The molecule has 2 heterocycles. The Hall–Kier alpha value is -2.65. The number of nitrogens with one attached hydrogen (secondary N) is 1. The Kier molecular flexibility index (Phi) is 5.79. The number of carbonyl (C=O) groups is 1. The van der Waals surface area contributed by atoms with Crippen LogP contribution in [0.1, 0.15) is 80.3 Å². The van der Waals surface area contributed by atoms with E-state index >= 15 is 0 Å². The summed E-state index contributed by atoms with van der Waals surface area (Å²) in [5.41, 5.74) is 0.0893. The van der Waals surface area contributed by atoms with Crippen LogP contribution in [0.4, 0.5) is 13.2 Å². The second-order valence-electron chi connectivity index (χ2n) is 8.63. The first-order valence-electron chi connectivity index (χ1n) is 9.70. The average molecular weight is 426 g/mol. The first-order chi connectivity index (χ1) is 13.9. The number of amides is 1. The molecule has 1 saturated carbocycles. The SMILES string of the molecule is Cc1nc(C(NC(=O)c2cc(OC(C)C(F)(F)F)c(C3CC3)cn2)C(C)(C)C)no1. The van der Waals surface area contributed by atoms with Crippen molar-refractivity contribution in [1.29, 1.82) is 0 Å². The Labute approximate surface area is 172 Å². The molecule has 164 valence electrons. The Morgan fingerprint density at radius 3 is 2.47 bits per heavy atom. The van der Waals surface area contributed by atoms with Gasteiger partial charge >= 0.3 is 6.18 Å². The molecule has 1 N–H and O–H groups in total. The fourth-order valence-corrected chi connectivity index (χ4v) is 2.94. The van der Waals surface area contributed by atoms with Crippen molar-refractivity contribution >= 4 is 5.91 Å². The van der Waals surface area contributed by atoms with Crippen LogP contribution in [0.2, 0.25) is 0 Å². The van der Waals surface area contributed by atoms with E-state index in [0.29, 0.717) is 17.3 Å². The van der Waals surface area contributed by atoms with Crippen molar-refractivity contribution in [1.82, 2.24) is 20.4 Å². The van der Waals surface area contributed by atoms with Crippen molar-refractivity contribution in [3.63, 3.8) is 0 Å². The maximum absolute atomic E-state index is 13.0. The van der Waals surface area contributed by atoms with Gasteiger partial charge in [0, 0.05) is 24.8 Å². The number of halogens is 3. The summed E-state index contributed by atoms with van der Waals surface area (Å²) in [4.78, 5) is 21.2. The van der Waals surface area contributed by atoms with Gasteiger partial charge in [0.25, 0.3) is 5.91 Å². The van der Waals surface area contributed by atoms with Crippen molar-refractivity contribution in [2.45, 2.75) is 71.7 Å². The third-order valence-corrected chi connectivity index (χ3v) is 4.85. The number of rotatable bonds is 6. The van der Waals surface area contributed by atoms with Gasteiger partial charge in [-0.2, -0.15) is 18.2 Å². The lowest BCUT2D eigenvalue weighted by Gasteiger charge is -2.28. The molecule has 2 aromatic heterocycles. The van der Waals surface area contributed by atoms with E-state index in [0.717, 1.165) is 19.8 Å². The van der Waals surface area contributed by atoms with Crippen LogP contribution in [0.3, 0.4) is 0 Å². The zero-order valence-electron chi connectivity index (χ0n) is 17.5. The Bertz CT molecular complexity index is 917. The second-order valence-corrected chi connectivity index (χ2v) is 8.63. The second kappa shape index (κ2) is 7.88. The molecule has 1 fully saturated rings. The summed E-state index contributed by atoms with van der Waals surface area (Å²) in [6, 6.07) is 0.678. The van der Waals surface area contributed by atoms with Crippen LogP contribution in [0.15, 0.2) is 16.8 Å². The monoisotopic (exact) mass is 426 g/mol. The van der Waals surface area contributed by atoms with E-state index in [1.807, 2.05) is 20.8 Å². The number of ether oxygens (including phenoxy) is 1. The number of pyridine rings is 1. The van der Waals surface area contributed by atoms with Crippen LogP contribution in [0, 0.1) is 12.3 Å². The van der Waals surface area contributed by atoms with Gasteiger partial charge in [0.2, 0.25) is 5.89 Å². The predicted molar refractivity (Wildman–Crippen MR) is 101 cm³/mol. The lowest BCUT2D eigenvalue weighted by molar-refractivity contribution is -0.189. The van der Waals surface area contributed by atoms with E-state index in [1.165, 1.54) is 12.3 Å². The molecule has 30 heavy (non-hydrogen) atoms. The van der Waals surface area contributed by atoms with Gasteiger partial charge in [0.05, 0.1) is 6.04 Å². The highest BCUT2D eigenvalue weighted by molar-refractivity contribution is 5.93. The number of alkyl halides is 3. The number of nitrogens with zero attached hydrogens (tertiary/aromatic N) is 3. The first-order valence-corrected chi connectivity index (χ1v) is 9.70. The average Bonchev–Trinajstić information content (AvgIpc) is 3.38. The predicted octanol–water partition coefficient (Wildman–Crippen LogP) is 4.50. The Morgan fingerprint density at radius 2 is 1.97 bits per heavy atom. The highest BCUT2D eigenvalue weighted by Crippen LogP contribution is 2.45. The van der Waals surface area contributed by atoms with Gasteiger partial charge in [-0.25, -0.2) is 0 Å². The van der Waals surface area contributed by atoms with E-state index < -0.39 is 29.6 Å². The zero-order chi connectivity index (χ0) is 22.3. The zero-order valence-corrected chi connectivity index (χ0v) is 17.5. The van der Waals surface area contributed by atoms with Crippen molar-refractivity contribution in [2.75, 3.05) is 0 Å². The van der Waals surface area contributed by atoms with Crippen molar-refractivity contribution in [3.8, 4) is 5.75 Å². The van der Waals surface area contributed by atoms with E-state index in [4.69, 9.17) is 9.26 Å². The van der Waals surface area contributed by atoms with E-state index in [1.54, 1.807) is 6.92 Å². The van der Waals surface area contributed by atoms with Crippen LogP contribution >= 0.6 is 0 Å². The van der Waals surface area contributed by atoms with Crippen LogP contribution in [-0.4, -0.2) is 33.3 Å². The lowest BCUT2D eigenvalue weighted by atomic mass is 9.86. The van der Waals surface area contributed by atoms with Gasteiger partial charge in [-0.3, -0.25) is 9.78 Å². The normalized spacial score (nSPS) is 16.8. The van der Waals surface area contributed by atoms with Gasteiger partial charge in [0.15, 0.2) is 11.9 Å². The summed E-state index contributed by atoms with van der Waals surface area (Å²) >= 11 is 0. The highest BCUT2D eigenvalue weighted by Gasteiger charge is 2.39. The summed E-state index contributed by atoms with van der Waals surface area (Å²) in [5, 5.41) is 6.70. The molecule has 0 radical (unpaired) electrons. The minimum absolute atomic E-state index is 0.0326. The first kappa shape index (κ1) is 22.0. The minimum atomic E-state index is -4.51. The summed E-state index contributed by atoms with van der Waals surface area (Å²) in [7, 11) is 0. The van der Waals surface area contributed by atoms with Crippen LogP contribution in [-0.2, 0) is 0 Å². The molecule has 0 aliphatic heterocycles. The quantitative estimate of drug-likeness (QED) is 0.732. The molecule has 10 heteroatoms. The minimum Gasteiger partial charge on any atom is -0.481 e. The molecule has 0 spiro atoms. The molecule has 2 aromatic rings. The topological polar surface area (TPSA) is 90.1 Å². The van der Waals surface area contributed by atoms with Crippen LogP contribution in [0.5, 0.6) is 5.75 Å². The molecule has 2 unspecified atom stereocenters. The van der Waals surface area contributed by atoms with Crippen LogP contribution < -0.4 is 10.1 Å². The van der Waals surface area contributed by atoms with Gasteiger partial charge in [0.1, 0.15) is 11.4 Å². The van der Waals surface area contributed by atoms with Gasteiger partial charge < -0.3 is 14.6 Å². The number of hydrogen-bond acceptors (Lipinski definition) is 6. The molecule has 3 rings (SSSR count). The lowest BCUT2D eigenvalue weighted by Crippen LogP contribution is -2.37. The maximum Gasteiger partial charge on any atom is 0.425 e. The van der Waals surface area contributed by atoms with Crippen LogP contribution in [0.25, 0.3) is 0 Å². The highest BCUT2D eigenvalue weighted by atomic mass is 19.4. The Balaban J connectivity index is 1.87. The molecule has 0 saturated heterocycles. The summed E-state index contributed by atoms with van der Waals surface area (Å²) in [5.74, 6) is 0.242. The molecule has 1 aliphatic carbocycles. The molecule has 0 bridgehead atoms. The van der Waals surface area contributed by atoms with E-state index in [-0.39, 0.29) is 17.4 Å². The Morgan fingerprint density at radius 1 is 1.30 bits per heavy atom. The van der Waals surface area contributed by atoms with Crippen molar-refractivity contribution in [2.24, 2.45) is 5.41 Å². The van der Waals surface area contributed by atoms with Crippen molar-refractivity contribution < 1.29 is 27.2 Å². The van der Waals surface area contributed by atoms with Gasteiger partial charge in [-0.1, -0.05) is 25.9 Å². The number of hydrogen-bond donors (Lipinski definition) is 1. The van der Waals surface area contributed by atoms with Gasteiger partial charge in [-0.05, 0) is 31.1 Å². The third kappa shape index (κ3) is 5.09. The number of aryl methyl sites for hydroxylation is 1. The molecule has 1 aliphatic rings. The molecule has 0 aromatic carbocycles. The summed E-state index contributed by atoms with van der Waals surface area (Å²) in [6.45, 7) is 8.26. The molecular formula is C20H25F3N4O3. The van der Waals surface area contributed by atoms with E-state index in [2.05, 4.69) is 20.4 Å².